The Morgan fingerprint density at radius 2 is 2.08 bits per heavy atom. The van der Waals surface area contributed by atoms with Crippen LogP contribution in [0.15, 0.2) is 36.4 Å². The number of aromatic nitrogens is 1. The minimum Gasteiger partial charge on any atom is -0.497 e. The lowest BCUT2D eigenvalue weighted by atomic mass is 10.1. The first-order valence-electron chi connectivity index (χ1n) is 7.68. The van der Waals surface area contributed by atoms with Crippen LogP contribution in [0.4, 0.5) is 13.9 Å². The number of terminal acetylenes is 1. The van der Waals surface area contributed by atoms with E-state index in [-0.39, 0.29) is 11.6 Å². The van der Waals surface area contributed by atoms with E-state index >= 15 is 0 Å². The van der Waals surface area contributed by atoms with E-state index in [1.165, 1.54) is 30.6 Å². The number of fused-ring (bicyclic) bond motifs is 1. The number of halogens is 2. The summed E-state index contributed by atoms with van der Waals surface area (Å²) >= 11 is 1.25. The summed E-state index contributed by atoms with van der Waals surface area (Å²) in [5.41, 5.74) is 1.16. The molecule has 0 saturated carbocycles. The summed E-state index contributed by atoms with van der Waals surface area (Å²) in [6.45, 7) is 0.800. The number of anilines is 1. The molecule has 0 aliphatic heterocycles. The zero-order chi connectivity index (χ0) is 17.8. The summed E-state index contributed by atoms with van der Waals surface area (Å²) in [5, 5.41) is 0.631. The molecule has 128 valence electrons. The van der Waals surface area contributed by atoms with E-state index in [2.05, 4.69) is 10.9 Å². The number of methoxy groups -OCH3 is 1. The predicted octanol–water partition coefficient (Wildman–Crippen LogP) is 4.27. The maximum absolute atomic E-state index is 14.1. The Morgan fingerprint density at radius 3 is 2.76 bits per heavy atom. The number of thiazole rings is 1. The van der Waals surface area contributed by atoms with Crippen LogP contribution in [0.1, 0.15) is 5.56 Å². The highest BCUT2D eigenvalue weighted by molar-refractivity contribution is 7.22. The minimum atomic E-state index is -0.324. The average molecular weight is 358 g/mol. The van der Waals surface area contributed by atoms with Gasteiger partial charge in [-0.05, 0) is 30.2 Å². The summed E-state index contributed by atoms with van der Waals surface area (Å²) in [6, 6.07) is 9.56. The van der Waals surface area contributed by atoms with Crippen LogP contribution in [0.2, 0.25) is 0 Å². The van der Waals surface area contributed by atoms with Gasteiger partial charge in [0.05, 0.1) is 23.9 Å². The van der Waals surface area contributed by atoms with Crippen molar-refractivity contribution in [3.8, 4) is 18.1 Å². The van der Waals surface area contributed by atoms with Crippen molar-refractivity contribution in [1.29, 1.82) is 0 Å². The Bertz CT molecular complexity index is 933. The highest BCUT2D eigenvalue weighted by Crippen LogP contribution is 2.30. The summed E-state index contributed by atoms with van der Waals surface area (Å²) in [7, 11) is 1.50. The minimum absolute atomic E-state index is 0.303. The Labute approximate surface area is 148 Å². The molecule has 0 atom stereocenters. The zero-order valence-corrected chi connectivity index (χ0v) is 14.4. The van der Waals surface area contributed by atoms with E-state index in [0.717, 1.165) is 0 Å². The van der Waals surface area contributed by atoms with Gasteiger partial charge < -0.3 is 9.64 Å². The van der Waals surface area contributed by atoms with Gasteiger partial charge in [0.2, 0.25) is 0 Å². The fraction of sp³-hybridized carbons (Fsp3) is 0.211. The third-order valence-corrected chi connectivity index (χ3v) is 4.96. The molecule has 1 heterocycles. The molecule has 2 aromatic carbocycles. The molecule has 0 fully saturated rings. The fourth-order valence-corrected chi connectivity index (χ4v) is 3.50. The van der Waals surface area contributed by atoms with Gasteiger partial charge in [0, 0.05) is 12.6 Å². The van der Waals surface area contributed by atoms with Crippen molar-refractivity contribution in [3.05, 3.63) is 53.6 Å². The molecular formula is C19H16F2N2OS. The molecule has 0 aliphatic rings. The normalized spacial score (nSPS) is 10.6. The van der Waals surface area contributed by atoms with Crippen LogP contribution in [0.5, 0.6) is 5.75 Å². The summed E-state index contributed by atoms with van der Waals surface area (Å²) < 4.78 is 33.5. The third kappa shape index (κ3) is 3.72. The number of hydrogen-bond acceptors (Lipinski definition) is 4. The Balaban J connectivity index is 1.81. The topological polar surface area (TPSA) is 25.4 Å². The van der Waals surface area contributed by atoms with E-state index in [0.29, 0.717) is 46.2 Å². The van der Waals surface area contributed by atoms with E-state index in [4.69, 9.17) is 11.2 Å². The van der Waals surface area contributed by atoms with Gasteiger partial charge in [-0.1, -0.05) is 29.4 Å². The van der Waals surface area contributed by atoms with Crippen molar-refractivity contribution < 1.29 is 13.5 Å². The van der Waals surface area contributed by atoms with Gasteiger partial charge in [-0.25, -0.2) is 13.8 Å². The second-order valence-electron chi connectivity index (χ2n) is 5.42. The fourth-order valence-electron chi connectivity index (χ4n) is 2.50. The molecule has 3 nitrogen and oxygen atoms in total. The molecule has 1 aromatic heterocycles. The van der Waals surface area contributed by atoms with E-state index in [1.807, 2.05) is 4.90 Å². The van der Waals surface area contributed by atoms with Crippen molar-refractivity contribution in [2.24, 2.45) is 0 Å². The summed E-state index contributed by atoms with van der Waals surface area (Å²) in [5.74, 6) is 2.43. The van der Waals surface area contributed by atoms with Gasteiger partial charge in [0.25, 0.3) is 0 Å². The highest BCUT2D eigenvalue weighted by Gasteiger charge is 2.14. The van der Waals surface area contributed by atoms with Crippen molar-refractivity contribution in [2.45, 2.75) is 6.42 Å². The van der Waals surface area contributed by atoms with Crippen LogP contribution < -0.4 is 9.64 Å². The van der Waals surface area contributed by atoms with Crippen LogP contribution in [-0.2, 0) is 6.42 Å². The molecule has 0 saturated heterocycles. The molecule has 0 bridgehead atoms. The molecule has 0 N–H and O–H groups in total. The Morgan fingerprint density at radius 1 is 1.24 bits per heavy atom. The van der Waals surface area contributed by atoms with Crippen LogP contribution >= 0.6 is 11.3 Å². The Hall–Kier alpha value is -2.65. The molecule has 3 aromatic rings. The van der Waals surface area contributed by atoms with Gasteiger partial charge >= 0.3 is 0 Å². The highest BCUT2D eigenvalue weighted by atomic mass is 32.1. The summed E-state index contributed by atoms with van der Waals surface area (Å²) in [4.78, 5) is 6.30. The lowest BCUT2D eigenvalue weighted by Crippen LogP contribution is -2.26. The van der Waals surface area contributed by atoms with Crippen LogP contribution in [0, 0.1) is 24.0 Å². The van der Waals surface area contributed by atoms with Gasteiger partial charge in [0.15, 0.2) is 5.13 Å². The van der Waals surface area contributed by atoms with Crippen LogP contribution in [0.25, 0.3) is 10.2 Å². The molecule has 6 heteroatoms. The molecule has 0 radical (unpaired) electrons. The van der Waals surface area contributed by atoms with Crippen LogP contribution in [-0.4, -0.2) is 25.2 Å². The van der Waals surface area contributed by atoms with Gasteiger partial charge in [-0.3, -0.25) is 0 Å². The lowest BCUT2D eigenvalue weighted by Gasteiger charge is -2.19. The smallest absolute Gasteiger partial charge is 0.187 e. The number of ether oxygens (including phenoxy) is 1. The average Bonchev–Trinajstić information content (AvgIpc) is 3.05. The SMILES string of the molecule is C#CCN(CCc1ccc(OC)cc1F)c1nc2cccc(F)c2s1. The van der Waals surface area contributed by atoms with Gasteiger partial charge in [-0.2, -0.15) is 0 Å². The number of hydrogen-bond donors (Lipinski definition) is 0. The monoisotopic (exact) mass is 358 g/mol. The van der Waals surface area contributed by atoms with E-state index in [9.17, 15) is 8.78 Å². The van der Waals surface area contributed by atoms with Gasteiger partial charge in [-0.15, -0.1) is 6.42 Å². The molecule has 0 amide bonds. The second kappa shape index (κ2) is 7.49. The first kappa shape index (κ1) is 17.2. The standard InChI is InChI=1S/C19H16F2N2OS/c1-3-10-23(11-9-13-7-8-14(24-2)12-16(13)21)19-22-17-6-4-5-15(20)18(17)25-19/h1,4-8,12H,9-11H2,2H3. The van der Waals surface area contributed by atoms with Crippen molar-refractivity contribution in [3.63, 3.8) is 0 Å². The maximum atomic E-state index is 14.1. The third-order valence-electron chi connectivity index (χ3n) is 3.82. The zero-order valence-electron chi connectivity index (χ0n) is 13.6. The van der Waals surface area contributed by atoms with Crippen molar-refractivity contribution >= 4 is 26.7 Å². The quantitative estimate of drug-likeness (QED) is 0.616. The van der Waals surface area contributed by atoms with Crippen molar-refractivity contribution in [1.82, 2.24) is 4.98 Å². The number of nitrogens with zero attached hydrogens (tertiary/aromatic N) is 2. The molecular weight excluding hydrogens is 342 g/mol. The molecule has 0 unspecified atom stereocenters. The lowest BCUT2D eigenvalue weighted by molar-refractivity contribution is 0.410. The molecule has 0 spiro atoms. The van der Waals surface area contributed by atoms with E-state index in [1.54, 1.807) is 24.3 Å². The molecule has 25 heavy (non-hydrogen) atoms. The number of rotatable bonds is 6. The first-order chi connectivity index (χ1) is 12.1. The number of benzene rings is 2. The Kier molecular flexibility index (Phi) is 5.15. The molecule has 3 rings (SSSR count). The van der Waals surface area contributed by atoms with E-state index < -0.39 is 0 Å². The predicted molar refractivity (Wildman–Crippen MR) is 97.3 cm³/mol. The van der Waals surface area contributed by atoms with Crippen LogP contribution in [0.3, 0.4) is 0 Å². The molecule has 0 aliphatic carbocycles. The van der Waals surface area contributed by atoms with Gasteiger partial charge in [0.1, 0.15) is 17.4 Å². The maximum Gasteiger partial charge on any atom is 0.187 e. The summed E-state index contributed by atoms with van der Waals surface area (Å²) in [6.07, 6.45) is 5.90. The second-order valence-corrected chi connectivity index (χ2v) is 6.40. The largest absolute Gasteiger partial charge is 0.497 e. The van der Waals surface area contributed by atoms with Crippen molar-refractivity contribution in [2.75, 3.05) is 25.1 Å². The first-order valence-corrected chi connectivity index (χ1v) is 8.50.